The van der Waals surface area contributed by atoms with Crippen LogP contribution in [0.15, 0.2) is 36.4 Å². The van der Waals surface area contributed by atoms with Crippen LogP contribution in [-0.4, -0.2) is 60.2 Å². The van der Waals surface area contributed by atoms with Crippen LogP contribution in [0.1, 0.15) is 33.6 Å². The lowest BCUT2D eigenvalue weighted by molar-refractivity contribution is -0.156. The maximum atomic E-state index is 13.6. The van der Waals surface area contributed by atoms with E-state index in [1.165, 1.54) is 4.90 Å². The average Bonchev–Trinajstić information content (AvgIpc) is 3.11. The summed E-state index contributed by atoms with van der Waals surface area (Å²) in [5.74, 6) is -2.37. The molecule has 1 heterocycles. The summed E-state index contributed by atoms with van der Waals surface area (Å²) >= 11 is 0. The molecule has 33 heavy (non-hydrogen) atoms. The van der Waals surface area contributed by atoms with E-state index in [1.54, 1.807) is 45.2 Å². The predicted octanol–water partition coefficient (Wildman–Crippen LogP) is 2.62. The second-order valence-corrected chi connectivity index (χ2v) is 8.66. The Bertz CT molecular complexity index is 883. The molecule has 1 aromatic rings. The smallest absolute Gasteiger partial charge is 0.310 e. The van der Waals surface area contributed by atoms with Crippen molar-refractivity contribution in [3.05, 3.63) is 36.4 Å². The van der Waals surface area contributed by atoms with E-state index in [-0.39, 0.29) is 30.9 Å². The van der Waals surface area contributed by atoms with Gasteiger partial charge in [-0.15, -0.1) is 0 Å². The fraction of sp³-hybridized carbons (Fsp3) is 0.560. The normalized spacial score (nSPS) is 27.1. The van der Waals surface area contributed by atoms with Crippen LogP contribution in [0.25, 0.3) is 0 Å². The minimum atomic E-state index is -0.845. The number of carbonyl (C=O) groups excluding carboxylic acids is 3. The minimum absolute atomic E-state index is 0.131. The van der Waals surface area contributed by atoms with E-state index in [0.29, 0.717) is 11.4 Å². The number of amides is 2. The second-order valence-electron chi connectivity index (χ2n) is 8.66. The van der Waals surface area contributed by atoms with E-state index in [4.69, 9.17) is 9.47 Å². The van der Waals surface area contributed by atoms with Crippen molar-refractivity contribution in [1.29, 1.82) is 0 Å². The molecular formula is C25H34N2O6. The van der Waals surface area contributed by atoms with Crippen LogP contribution in [0.2, 0.25) is 0 Å². The largest absolute Gasteiger partial charge is 0.497 e. The maximum Gasteiger partial charge on any atom is 0.310 e. The molecule has 180 valence electrons. The topological polar surface area (TPSA) is 105 Å². The summed E-state index contributed by atoms with van der Waals surface area (Å²) < 4.78 is 10.5. The lowest BCUT2D eigenvalue weighted by Gasteiger charge is -2.34. The van der Waals surface area contributed by atoms with Gasteiger partial charge in [0.25, 0.3) is 0 Å². The Kier molecular flexibility index (Phi) is 8.13. The van der Waals surface area contributed by atoms with Crippen LogP contribution < -0.4 is 10.1 Å². The van der Waals surface area contributed by atoms with Crippen LogP contribution in [0, 0.1) is 23.7 Å². The van der Waals surface area contributed by atoms with Gasteiger partial charge in [0.2, 0.25) is 11.8 Å². The molecule has 0 aromatic heterocycles. The molecule has 0 radical (unpaired) electrons. The molecule has 0 spiro atoms. The fourth-order valence-corrected chi connectivity index (χ4v) is 5.07. The number of aliphatic hydroxyl groups excluding tert-OH is 1. The number of hydrogen-bond donors (Lipinski definition) is 2. The first-order valence-corrected chi connectivity index (χ1v) is 11.6. The zero-order valence-corrected chi connectivity index (χ0v) is 19.7. The molecule has 0 saturated carbocycles. The number of allylic oxidation sites excluding steroid dienone is 1. The van der Waals surface area contributed by atoms with Crippen molar-refractivity contribution in [2.75, 3.05) is 25.6 Å². The third-order valence-electron chi connectivity index (χ3n) is 6.59. The summed E-state index contributed by atoms with van der Waals surface area (Å²) in [4.78, 5) is 41.5. The zero-order chi connectivity index (χ0) is 24.1. The van der Waals surface area contributed by atoms with Gasteiger partial charge in [0.1, 0.15) is 11.8 Å². The Morgan fingerprint density at radius 3 is 2.45 bits per heavy atom. The number of rotatable bonds is 9. The molecule has 1 aromatic carbocycles. The molecule has 8 nitrogen and oxygen atoms in total. The van der Waals surface area contributed by atoms with E-state index >= 15 is 0 Å². The molecule has 1 aliphatic heterocycles. The number of nitrogens with one attached hydrogen (secondary N) is 1. The van der Waals surface area contributed by atoms with Gasteiger partial charge in [0.05, 0.1) is 38.2 Å². The Balaban J connectivity index is 1.97. The van der Waals surface area contributed by atoms with Crippen LogP contribution >= 0.6 is 0 Å². The number of fused-ring (bicyclic) bond motifs is 1. The summed E-state index contributed by atoms with van der Waals surface area (Å²) in [5, 5.41) is 12.7. The number of likely N-dealkylation sites (tertiary alicyclic amines) is 1. The Morgan fingerprint density at radius 1 is 1.18 bits per heavy atom. The predicted molar refractivity (Wildman–Crippen MR) is 123 cm³/mol. The van der Waals surface area contributed by atoms with Crippen LogP contribution in [-0.2, 0) is 19.1 Å². The van der Waals surface area contributed by atoms with Crippen molar-refractivity contribution in [2.24, 2.45) is 23.7 Å². The van der Waals surface area contributed by atoms with Gasteiger partial charge in [-0.05, 0) is 50.5 Å². The highest BCUT2D eigenvalue weighted by Crippen LogP contribution is 2.46. The van der Waals surface area contributed by atoms with E-state index < -0.39 is 35.8 Å². The van der Waals surface area contributed by atoms with Gasteiger partial charge >= 0.3 is 5.97 Å². The molecule has 2 aliphatic rings. The molecule has 1 aliphatic carbocycles. The van der Waals surface area contributed by atoms with Gasteiger partial charge < -0.3 is 24.8 Å². The molecule has 8 heteroatoms. The lowest BCUT2D eigenvalue weighted by atomic mass is 9.69. The van der Waals surface area contributed by atoms with Gasteiger partial charge in [-0.2, -0.15) is 0 Å². The van der Waals surface area contributed by atoms with E-state index in [1.807, 2.05) is 19.1 Å². The Labute approximate surface area is 194 Å². The van der Waals surface area contributed by atoms with Crippen molar-refractivity contribution in [3.8, 4) is 5.75 Å². The SMILES string of the molecule is CCC[C@@H]1C=C[C@H]2[C@@H](C(=O)N([C@H](C)CO)[C@@H]2C(=O)Nc2ccc(OC)cc2)[C@@H]1C(=O)OCC. The van der Waals surface area contributed by atoms with E-state index in [9.17, 15) is 19.5 Å². The highest BCUT2D eigenvalue weighted by molar-refractivity contribution is 6.01. The Hall–Kier alpha value is -2.87. The molecule has 6 atom stereocenters. The first kappa shape index (κ1) is 24.8. The van der Waals surface area contributed by atoms with Crippen molar-refractivity contribution < 1.29 is 29.0 Å². The molecule has 2 N–H and O–H groups in total. The zero-order valence-electron chi connectivity index (χ0n) is 19.7. The standard InChI is InChI=1S/C25H34N2O6/c1-5-7-16-8-13-19-21(20(16)25(31)33-6-2)24(30)27(15(3)14-28)22(19)23(29)26-17-9-11-18(32-4)12-10-17/h8-13,15-16,19-22,28H,5-7,14H2,1-4H3,(H,26,29)/t15-,16-,19+,20-,21-,22+/m1/s1. The number of methoxy groups -OCH3 is 1. The van der Waals surface area contributed by atoms with Gasteiger partial charge in [0, 0.05) is 11.6 Å². The molecular weight excluding hydrogens is 424 g/mol. The van der Waals surface area contributed by atoms with Gasteiger partial charge in [0.15, 0.2) is 0 Å². The van der Waals surface area contributed by atoms with Crippen molar-refractivity contribution >= 4 is 23.5 Å². The summed E-state index contributed by atoms with van der Waals surface area (Å²) in [6.07, 6.45) is 5.46. The van der Waals surface area contributed by atoms with Gasteiger partial charge in [-0.3, -0.25) is 14.4 Å². The summed E-state index contributed by atoms with van der Waals surface area (Å²) in [7, 11) is 1.56. The van der Waals surface area contributed by atoms with Crippen LogP contribution in [0.4, 0.5) is 5.69 Å². The number of ether oxygens (including phenoxy) is 2. The van der Waals surface area contributed by atoms with Crippen molar-refractivity contribution in [3.63, 3.8) is 0 Å². The van der Waals surface area contributed by atoms with E-state index in [0.717, 1.165) is 12.8 Å². The van der Waals surface area contributed by atoms with Gasteiger partial charge in [-0.25, -0.2) is 0 Å². The number of carbonyl (C=O) groups is 3. The summed E-state index contributed by atoms with van der Waals surface area (Å²) in [6.45, 7) is 5.41. The summed E-state index contributed by atoms with van der Waals surface area (Å²) in [5.41, 5.74) is 0.568. The number of aliphatic hydroxyl groups is 1. The number of hydrogen-bond acceptors (Lipinski definition) is 6. The fourth-order valence-electron chi connectivity index (χ4n) is 5.07. The third-order valence-corrected chi connectivity index (χ3v) is 6.59. The van der Waals surface area contributed by atoms with Crippen molar-refractivity contribution in [1.82, 2.24) is 4.90 Å². The van der Waals surface area contributed by atoms with E-state index in [2.05, 4.69) is 5.32 Å². The quantitative estimate of drug-likeness (QED) is 0.435. The minimum Gasteiger partial charge on any atom is -0.497 e. The van der Waals surface area contributed by atoms with Crippen LogP contribution in [0.3, 0.4) is 0 Å². The first-order valence-electron chi connectivity index (χ1n) is 11.6. The second kappa shape index (κ2) is 10.8. The number of esters is 1. The highest BCUT2D eigenvalue weighted by Gasteiger charge is 2.58. The van der Waals surface area contributed by atoms with Gasteiger partial charge in [-0.1, -0.05) is 25.5 Å². The maximum absolute atomic E-state index is 13.6. The molecule has 2 amide bonds. The molecule has 1 saturated heterocycles. The number of anilines is 1. The lowest BCUT2D eigenvalue weighted by Crippen LogP contribution is -2.49. The first-order chi connectivity index (χ1) is 15.9. The Morgan fingerprint density at radius 2 is 1.88 bits per heavy atom. The number of benzene rings is 1. The van der Waals surface area contributed by atoms with Crippen LogP contribution in [0.5, 0.6) is 5.75 Å². The average molecular weight is 459 g/mol. The monoisotopic (exact) mass is 458 g/mol. The highest BCUT2D eigenvalue weighted by atomic mass is 16.5. The van der Waals surface area contributed by atoms with Crippen molar-refractivity contribution in [2.45, 2.75) is 45.7 Å². The summed E-state index contributed by atoms with van der Waals surface area (Å²) in [6, 6.07) is 5.50. The molecule has 0 unspecified atom stereocenters. The molecule has 1 fully saturated rings. The molecule has 3 rings (SSSR count). The number of nitrogens with zero attached hydrogens (tertiary/aromatic N) is 1. The molecule has 0 bridgehead atoms. The third kappa shape index (κ3) is 4.90.